The molecule has 3 aromatic rings. The lowest BCUT2D eigenvalue weighted by Crippen LogP contribution is -2.16. The number of carbonyl (C=O) groups is 1. The zero-order valence-corrected chi connectivity index (χ0v) is 13.1. The second-order valence-corrected chi connectivity index (χ2v) is 5.27. The lowest BCUT2D eigenvalue weighted by atomic mass is 10.1. The van der Waals surface area contributed by atoms with E-state index in [1.807, 2.05) is 78.2 Å². The average Bonchev–Trinajstić information content (AvgIpc) is 2.97. The number of nitrogens with zero attached hydrogens (tertiary/aromatic N) is 1. The number of carbonyl (C=O) groups excluding carboxylic acids is 1. The number of para-hydroxylation sites is 1. The highest BCUT2D eigenvalue weighted by Gasteiger charge is 2.21. The zero-order valence-electron chi connectivity index (χ0n) is 13.1. The molecule has 0 fully saturated rings. The molecule has 1 unspecified atom stereocenters. The van der Waals surface area contributed by atoms with Crippen LogP contribution in [0.5, 0.6) is 0 Å². The van der Waals surface area contributed by atoms with E-state index in [-0.39, 0.29) is 12.0 Å². The maximum atomic E-state index is 12.4. The van der Waals surface area contributed by atoms with Crippen molar-refractivity contribution >= 4 is 16.9 Å². The molecular formula is C20H19NO2. The van der Waals surface area contributed by atoms with Gasteiger partial charge in [-0.15, -0.1) is 6.58 Å². The first-order valence-electron chi connectivity index (χ1n) is 7.71. The van der Waals surface area contributed by atoms with E-state index >= 15 is 0 Å². The second-order valence-electron chi connectivity index (χ2n) is 5.27. The Morgan fingerprint density at radius 1 is 1.17 bits per heavy atom. The first-order valence-corrected chi connectivity index (χ1v) is 7.71. The quantitative estimate of drug-likeness (QED) is 0.510. The molecule has 0 aliphatic heterocycles. The van der Waals surface area contributed by atoms with Crippen molar-refractivity contribution in [1.29, 1.82) is 0 Å². The van der Waals surface area contributed by atoms with Crippen LogP contribution < -0.4 is 0 Å². The lowest BCUT2D eigenvalue weighted by Gasteiger charge is -2.19. The third-order valence-electron chi connectivity index (χ3n) is 3.88. The van der Waals surface area contributed by atoms with Gasteiger partial charge >= 0.3 is 5.97 Å². The molecule has 1 heterocycles. The van der Waals surface area contributed by atoms with Gasteiger partial charge in [-0.1, -0.05) is 54.6 Å². The number of allylic oxidation sites excluding steroid dienone is 1. The lowest BCUT2D eigenvalue weighted by molar-refractivity contribution is 0.0514. The summed E-state index contributed by atoms with van der Waals surface area (Å²) in [5, 5.41) is 1.01. The van der Waals surface area contributed by atoms with Crippen molar-refractivity contribution in [2.45, 2.75) is 13.0 Å². The number of fused-ring (bicyclic) bond motifs is 1. The van der Waals surface area contributed by atoms with Gasteiger partial charge in [0.1, 0.15) is 5.69 Å². The predicted molar refractivity (Wildman–Crippen MR) is 92.7 cm³/mol. The van der Waals surface area contributed by atoms with Crippen LogP contribution in [0.15, 0.2) is 73.3 Å². The van der Waals surface area contributed by atoms with Crippen LogP contribution in [-0.2, 0) is 4.74 Å². The van der Waals surface area contributed by atoms with Crippen LogP contribution in [0.4, 0.5) is 0 Å². The molecule has 2 aromatic carbocycles. The molecule has 0 radical (unpaired) electrons. The molecule has 0 saturated carbocycles. The van der Waals surface area contributed by atoms with Crippen LogP contribution in [0, 0.1) is 0 Å². The Labute approximate surface area is 135 Å². The summed E-state index contributed by atoms with van der Waals surface area (Å²) in [6.07, 6.45) is 1.85. The molecule has 0 aliphatic carbocycles. The van der Waals surface area contributed by atoms with Crippen LogP contribution in [0.2, 0.25) is 0 Å². The van der Waals surface area contributed by atoms with Gasteiger partial charge in [-0.2, -0.15) is 0 Å². The van der Waals surface area contributed by atoms with Gasteiger partial charge in [0.25, 0.3) is 0 Å². The number of aromatic nitrogens is 1. The molecule has 0 bridgehead atoms. The van der Waals surface area contributed by atoms with Crippen LogP contribution in [0.3, 0.4) is 0 Å². The summed E-state index contributed by atoms with van der Waals surface area (Å²) in [4.78, 5) is 12.4. The molecule has 0 amide bonds. The Morgan fingerprint density at radius 2 is 1.87 bits per heavy atom. The fourth-order valence-electron chi connectivity index (χ4n) is 2.88. The number of hydrogen-bond donors (Lipinski definition) is 0. The molecule has 116 valence electrons. The summed E-state index contributed by atoms with van der Waals surface area (Å²) in [5.74, 6) is -0.313. The normalized spacial score (nSPS) is 12.0. The van der Waals surface area contributed by atoms with Gasteiger partial charge in [-0.05, 0) is 24.6 Å². The Kier molecular flexibility index (Phi) is 4.29. The van der Waals surface area contributed by atoms with Crippen LogP contribution in [0.1, 0.15) is 29.0 Å². The van der Waals surface area contributed by atoms with Gasteiger partial charge in [-0.25, -0.2) is 4.79 Å². The van der Waals surface area contributed by atoms with Crippen molar-refractivity contribution in [1.82, 2.24) is 4.57 Å². The molecule has 1 aromatic heterocycles. The Balaban J connectivity index is 2.23. The number of hydrogen-bond acceptors (Lipinski definition) is 2. The smallest absolute Gasteiger partial charge is 0.355 e. The van der Waals surface area contributed by atoms with E-state index in [0.29, 0.717) is 12.3 Å². The summed E-state index contributed by atoms with van der Waals surface area (Å²) in [7, 11) is 0. The van der Waals surface area contributed by atoms with Gasteiger partial charge in [0.15, 0.2) is 0 Å². The second kappa shape index (κ2) is 6.53. The number of rotatable bonds is 5. The first kappa shape index (κ1) is 15.1. The van der Waals surface area contributed by atoms with Gasteiger partial charge in [-0.3, -0.25) is 0 Å². The predicted octanol–water partition coefficient (Wildman–Crippen LogP) is 4.59. The molecule has 0 spiro atoms. The van der Waals surface area contributed by atoms with E-state index in [9.17, 15) is 4.79 Å². The van der Waals surface area contributed by atoms with Crippen LogP contribution >= 0.6 is 0 Å². The topological polar surface area (TPSA) is 31.2 Å². The summed E-state index contributed by atoms with van der Waals surface area (Å²) < 4.78 is 7.23. The summed E-state index contributed by atoms with van der Waals surface area (Å²) >= 11 is 0. The Hall–Kier alpha value is -2.81. The fourth-order valence-corrected chi connectivity index (χ4v) is 2.88. The molecule has 1 atom stereocenters. The number of ether oxygens (including phenoxy) is 1. The maximum Gasteiger partial charge on any atom is 0.355 e. The minimum absolute atomic E-state index is 0.129. The van der Waals surface area contributed by atoms with Crippen LogP contribution in [0.25, 0.3) is 10.9 Å². The SMILES string of the molecule is C=CC(c1ccccc1)n1c(C(=O)OCC)cc2ccccc21. The average molecular weight is 305 g/mol. The molecule has 0 saturated heterocycles. The monoisotopic (exact) mass is 305 g/mol. The van der Waals surface area contributed by atoms with Crippen molar-refractivity contribution < 1.29 is 9.53 Å². The fraction of sp³-hybridized carbons (Fsp3) is 0.150. The van der Waals surface area contributed by atoms with Gasteiger partial charge in [0, 0.05) is 10.9 Å². The van der Waals surface area contributed by atoms with Crippen molar-refractivity contribution in [3.63, 3.8) is 0 Å². The molecular weight excluding hydrogens is 286 g/mol. The first-order chi connectivity index (χ1) is 11.3. The van der Waals surface area contributed by atoms with Gasteiger partial charge < -0.3 is 9.30 Å². The standard InChI is InChI=1S/C20H19NO2/c1-3-17(15-10-6-5-7-11-15)21-18-13-9-8-12-16(18)14-19(21)20(22)23-4-2/h3,5-14,17H,1,4H2,2H3. The summed E-state index contributed by atoms with van der Waals surface area (Å²) in [6.45, 7) is 6.14. The molecule has 23 heavy (non-hydrogen) atoms. The van der Waals surface area contributed by atoms with E-state index in [0.717, 1.165) is 16.5 Å². The molecule has 3 nitrogen and oxygen atoms in total. The van der Waals surface area contributed by atoms with Gasteiger partial charge in [0.05, 0.1) is 12.6 Å². The third kappa shape index (κ3) is 2.78. The minimum atomic E-state index is -0.313. The van der Waals surface area contributed by atoms with E-state index in [2.05, 4.69) is 6.58 Å². The minimum Gasteiger partial charge on any atom is -0.461 e. The van der Waals surface area contributed by atoms with Crippen molar-refractivity contribution in [3.8, 4) is 0 Å². The highest BCUT2D eigenvalue weighted by Crippen LogP contribution is 2.29. The van der Waals surface area contributed by atoms with Crippen LogP contribution in [-0.4, -0.2) is 17.1 Å². The third-order valence-corrected chi connectivity index (χ3v) is 3.88. The van der Waals surface area contributed by atoms with Crippen molar-refractivity contribution in [3.05, 3.63) is 84.6 Å². The molecule has 0 N–H and O–H groups in total. The van der Waals surface area contributed by atoms with Crippen molar-refractivity contribution in [2.24, 2.45) is 0 Å². The summed E-state index contributed by atoms with van der Waals surface area (Å²) in [5.41, 5.74) is 2.61. The van der Waals surface area contributed by atoms with Gasteiger partial charge in [0.2, 0.25) is 0 Å². The highest BCUT2D eigenvalue weighted by molar-refractivity contribution is 5.96. The highest BCUT2D eigenvalue weighted by atomic mass is 16.5. The maximum absolute atomic E-state index is 12.4. The molecule has 3 rings (SSSR count). The molecule has 0 aliphatic rings. The summed E-state index contributed by atoms with van der Waals surface area (Å²) in [6, 6.07) is 19.7. The molecule has 3 heteroatoms. The van der Waals surface area contributed by atoms with E-state index in [1.54, 1.807) is 0 Å². The van der Waals surface area contributed by atoms with E-state index < -0.39 is 0 Å². The van der Waals surface area contributed by atoms with Crippen molar-refractivity contribution in [2.75, 3.05) is 6.61 Å². The van der Waals surface area contributed by atoms with E-state index in [1.165, 1.54) is 0 Å². The Bertz CT molecular complexity index is 833. The Morgan fingerprint density at radius 3 is 2.57 bits per heavy atom. The number of benzene rings is 2. The van der Waals surface area contributed by atoms with E-state index in [4.69, 9.17) is 4.74 Å². The zero-order chi connectivity index (χ0) is 16.2. The number of esters is 1. The largest absolute Gasteiger partial charge is 0.461 e.